The molecule has 0 saturated heterocycles. The molecular weight excluding hydrogens is 406 g/mol. The quantitative estimate of drug-likeness (QED) is 0.416. The summed E-state index contributed by atoms with van der Waals surface area (Å²) in [7, 11) is 0. The van der Waals surface area contributed by atoms with E-state index in [0.717, 1.165) is 21.7 Å². The molecule has 0 bridgehead atoms. The van der Waals surface area contributed by atoms with Gasteiger partial charge in [0.15, 0.2) is 5.13 Å². The van der Waals surface area contributed by atoms with E-state index in [1.807, 2.05) is 60.7 Å². The first-order valence-corrected chi connectivity index (χ1v) is 10.5. The molecule has 5 rings (SSSR count). The largest absolute Gasteiger partial charge is 0.298 e. The minimum atomic E-state index is -0.252. The molecule has 1 amide bonds. The van der Waals surface area contributed by atoms with Gasteiger partial charge in [-0.05, 0) is 17.7 Å². The van der Waals surface area contributed by atoms with Crippen LogP contribution in [0.15, 0.2) is 97.7 Å². The van der Waals surface area contributed by atoms with E-state index in [-0.39, 0.29) is 5.91 Å². The summed E-state index contributed by atoms with van der Waals surface area (Å²) in [5, 5.41) is 3.47. The predicted octanol–water partition coefficient (Wildman–Crippen LogP) is 5.31. The molecule has 2 aromatic carbocycles. The number of benzene rings is 2. The number of amides is 1. The van der Waals surface area contributed by atoms with E-state index in [9.17, 15) is 4.79 Å². The lowest BCUT2D eigenvalue weighted by molar-refractivity contribution is 0.102. The lowest BCUT2D eigenvalue weighted by Crippen LogP contribution is -2.12. The summed E-state index contributed by atoms with van der Waals surface area (Å²) < 4.78 is 1.78. The van der Waals surface area contributed by atoms with Crippen LogP contribution in [-0.2, 0) is 0 Å². The van der Waals surface area contributed by atoms with Crippen molar-refractivity contribution in [1.82, 2.24) is 19.5 Å². The molecule has 5 aromatic rings. The molecule has 0 aliphatic carbocycles. The number of nitrogens with zero attached hydrogens (tertiary/aromatic N) is 4. The Balaban J connectivity index is 1.44. The molecule has 7 heteroatoms. The lowest BCUT2D eigenvalue weighted by Gasteiger charge is -2.04. The summed E-state index contributed by atoms with van der Waals surface area (Å²) in [6.45, 7) is 0. The normalized spacial score (nSPS) is 10.7. The summed E-state index contributed by atoms with van der Waals surface area (Å²) in [6, 6.07) is 23.6. The number of pyridine rings is 1. The van der Waals surface area contributed by atoms with E-state index >= 15 is 0 Å². The molecule has 0 spiro atoms. The van der Waals surface area contributed by atoms with Gasteiger partial charge in [-0.2, -0.15) is 0 Å². The minimum Gasteiger partial charge on any atom is -0.298 e. The zero-order valence-electron chi connectivity index (χ0n) is 16.3. The number of hydrogen-bond acceptors (Lipinski definition) is 5. The van der Waals surface area contributed by atoms with Crippen LogP contribution in [0.3, 0.4) is 0 Å². The Bertz CT molecular complexity index is 1240. The summed E-state index contributed by atoms with van der Waals surface area (Å²) in [6.07, 6.45) is 6.69. The number of anilines is 1. The van der Waals surface area contributed by atoms with E-state index in [4.69, 9.17) is 4.98 Å². The van der Waals surface area contributed by atoms with Crippen molar-refractivity contribution in [3.05, 3.63) is 103 Å². The highest BCUT2D eigenvalue weighted by molar-refractivity contribution is 7.19. The maximum absolute atomic E-state index is 12.8. The molecule has 0 saturated carbocycles. The summed E-state index contributed by atoms with van der Waals surface area (Å²) in [4.78, 5) is 26.9. The van der Waals surface area contributed by atoms with Crippen molar-refractivity contribution in [1.29, 1.82) is 0 Å². The second kappa shape index (κ2) is 8.33. The summed E-state index contributed by atoms with van der Waals surface area (Å²) in [5.41, 5.74) is 3.37. The van der Waals surface area contributed by atoms with Gasteiger partial charge in [-0.1, -0.05) is 72.0 Å². The van der Waals surface area contributed by atoms with Gasteiger partial charge in [0.05, 0.1) is 16.1 Å². The van der Waals surface area contributed by atoms with Crippen LogP contribution in [0.1, 0.15) is 10.4 Å². The zero-order valence-corrected chi connectivity index (χ0v) is 17.2. The number of rotatable bonds is 5. The van der Waals surface area contributed by atoms with Gasteiger partial charge in [0.2, 0.25) is 0 Å². The first-order chi connectivity index (χ1) is 15.3. The third-order valence-corrected chi connectivity index (χ3v) is 5.73. The molecule has 3 heterocycles. The predicted molar refractivity (Wildman–Crippen MR) is 122 cm³/mol. The van der Waals surface area contributed by atoms with Crippen LogP contribution in [0.2, 0.25) is 0 Å². The highest BCUT2D eigenvalue weighted by Crippen LogP contribution is 2.39. The third-order valence-electron chi connectivity index (χ3n) is 4.71. The van der Waals surface area contributed by atoms with E-state index in [2.05, 4.69) is 15.3 Å². The van der Waals surface area contributed by atoms with Crippen LogP contribution in [0, 0.1) is 0 Å². The average molecular weight is 424 g/mol. The monoisotopic (exact) mass is 423 g/mol. The van der Waals surface area contributed by atoms with Crippen LogP contribution >= 0.6 is 11.3 Å². The Morgan fingerprint density at radius 3 is 2.29 bits per heavy atom. The topological polar surface area (TPSA) is 72.7 Å². The third kappa shape index (κ3) is 3.99. The van der Waals surface area contributed by atoms with Crippen LogP contribution in [0.5, 0.6) is 0 Å². The van der Waals surface area contributed by atoms with Crippen molar-refractivity contribution < 1.29 is 4.79 Å². The Morgan fingerprint density at radius 2 is 1.65 bits per heavy atom. The first kappa shape index (κ1) is 18.9. The molecule has 0 aliphatic heterocycles. The van der Waals surface area contributed by atoms with Crippen LogP contribution in [0.25, 0.3) is 27.5 Å². The number of thiazole rings is 1. The highest BCUT2D eigenvalue weighted by Gasteiger charge is 2.17. The highest BCUT2D eigenvalue weighted by atomic mass is 32.1. The number of nitrogens with one attached hydrogen (secondary N) is 1. The van der Waals surface area contributed by atoms with Crippen LogP contribution < -0.4 is 5.32 Å². The fourth-order valence-corrected chi connectivity index (χ4v) is 4.18. The van der Waals surface area contributed by atoms with Crippen molar-refractivity contribution >= 4 is 22.4 Å². The van der Waals surface area contributed by atoms with Crippen molar-refractivity contribution in [2.75, 3.05) is 5.32 Å². The van der Waals surface area contributed by atoms with Gasteiger partial charge < -0.3 is 0 Å². The molecule has 0 unspecified atom stereocenters. The van der Waals surface area contributed by atoms with Gasteiger partial charge in [-0.25, -0.2) is 15.0 Å². The van der Waals surface area contributed by atoms with Gasteiger partial charge in [0, 0.05) is 24.2 Å². The van der Waals surface area contributed by atoms with Crippen LogP contribution in [0.4, 0.5) is 5.13 Å². The van der Waals surface area contributed by atoms with Gasteiger partial charge in [-0.15, -0.1) is 0 Å². The number of carbonyl (C=O) groups excluding carboxylic acids is 1. The smallest absolute Gasteiger partial charge is 0.259 e. The van der Waals surface area contributed by atoms with Crippen LogP contribution in [-0.4, -0.2) is 25.4 Å². The van der Waals surface area contributed by atoms with Crippen molar-refractivity contribution in [3.8, 4) is 27.5 Å². The molecule has 0 radical (unpaired) electrons. The van der Waals surface area contributed by atoms with Gasteiger partial charge in [0.1, 0.15) is 12.1 Å². The zero-order chi connectivity index (χ0) is 21.0. The summed E-state index contributed by atoms with van der Waals surface area (Å²) in [5.74, 6) is 0.443. The molecular formula is C24H17N5OS. The van der Waals surface area contributed by atoms with E-state index in [1.54, 1.807) is 41.6 Å². The molecule has 0 fully saturated rings. The molecule has 0 aliphatic rings. The Kier molecular flexibility index (Phi) is 5.08. The van der Waals surface area contributed by atoms with Crippen molar-refractivity contribution in [3.63, 3.8) is 0 Å². The maximum atomic E-state index is 12.8. The van der Waals surface area contributed by atoms with E-state index in [1.165, 1.54) is 11.3 Å². The summed E-state index contributed by atoms with van der Waals surface area (Å²) >= 11 is 1.46. The maximum Gasteiger partial charge on any atom is 0.259 e. The first-order valence-electron chi connectivity index (χ1n) is 9.65. The average Bonchev–Trinajstić information content (AvgIpc) is 3.51. The van der Waals surface area contributed by atoms with E-state index in [0.29, 0.717) is 16.5 Å². The van der Waals surface area contributed by atoms with Crippen molar-refractivity contribution in [2.45, 2.75) is 0 Å². The standard InChI is InChI=1S/C24H17N5OS/c30-23(19-11-12-20(26-15-19)29-14-13-25-16-29)28-24-27-21(17-7-3-1-4-8-17)22(31-24)18-9-5-2-6-10-18/h1-16H,(H,27,28,30). The molecule has 31 heavy (non-hydrogen) atoms. The number of aromatic nitrogens is 4. The van der Waals surface area contributed by atoms with Gasteiger partial charge in [0.25, 0.3) is 5.91 Å². The number of carbonyl (C=O) groups is 1. The lowest BCUT2D eigenvalue weighted by atomic mass is 10.1. The minimum absolute atomic E-state index is 0.252. The Labute approximate surface area is 182 Å². The molecule has 6 nitrogen and oxygen atoms in total. The fraction of sp³-hybridized carbons (Fsp3) is 0. The Morgan fingerprint density at radius 1 is 0.903 bits per heavy atom. The van der Waals surface area contributed by atoms with E-state index < -0.39 is 0 Å². The second-order valence-corrected chi connectivity index (χ2v) is 7.76. The van der Waals surface area contributed by atoms with Crippen molar-refractivity contribution in [2.24, 2.45) is 0 Å². The molecule has 0 atom stereocenters. The molecule has 1 N–H and O–H groups in total. The molecule has 150 valence electrons. The Hall–Kier alpha value is -4.10. The second-order valence-electron chi connectivity index (χ2n) is 6.76. The molecule has 3 aromatic heterocycles. The van der Waals surface area contributed by atoms with Gasteiger partial charge >= 0.3 is 0 Å². The fourth-order valence-electron chi connectivity index (χ4n) is 3.19. The SMILES string of the molecule is O=C(Nc1nc(-c2ccccc2)c(-c2ccccc2)s1)c1ccc(-n2ccnc2)nc1. The van der Waals surface area contributed by atoms with Gasteiger partial charge in [-0.3, -0.25) is 14.7 Å². The number of imidazole rings is 1. The number of hydrogen-bond donors (Lipinski definition) is 1.